The van der Waals surface area contributed by atoms with Crippen molar-refractivity contribution in [2.24, 2.45) is 0 Å². The van der Waals surface area contributed by atoms with Crippen molar-refractivity contribution >= 4 is 5.91 Å². The number of carbonyl (C=O) groups is 1. The quantitative estimate of drug-likeness (QED) is 0.783. The van der Waals surface area contributed by atoms with Crippen LogP contribution in [0.3, 0.4) is 0 Å². The van der Waals surface area contributed by atoms with Gasteiger partial charge in [0.1, 0.15) is 0 Å². The fourth-order valence-electron chi connectivity index (χ4n) is 1.58. The molecule has 0 saturated carbocycles. The van der Waals surface area contributed by atoms with Crippen molar-refractivity contribution in [2.45, 2.75) is 25.5 Å². The van der Waals surface area contributed by atoms with Gasteiger partial charge in [-0.1, -0.05) is 37.3 Å². The van der Waals surface area contributed by atoms with Crippen LogP contribution in [0.15, 0.2) is 30.3 Å². The molecule has 17 heavy (non-hydrogen) atoms. The Hall–Kier alpha value is -1.39. The summed E-state index contributed by atoms with van der Waals surface area (Å²) in [5.41, 5.74) is 0.806. The van der Waals surface area contributed by atoms with Crippen LogP contribution in [-0.4, -0.2) is 30.8 Å². The molecule has 0 aliphatic rings. The first-order chi connectivity index (χ1) is 8.22. The maximum atomic E-state index is 12.0. The summed E-state index contributed by atoms with van der Waals surface area (Å²) in [6.07, 6.45) is 0.0600. The molecule has 1 aromatic rings. The Morgan fingerprint density at radius 3 is 2.53 bits per heavy atom. The Labute approximate surface area is 102 Å². The van der Waals surface area contributed by atoms with Gasteiger partial charge >= 0.3 is 0 Å². The van der Waals surface area contributed by atoms with E-state index in [1.165, 1.54) is 7.11 Å². The molecule has 2 atom stereocenters. The molecule has 0 saturated heterocycles. The lowest BCUT2D eigenvalue weighted by atomic mass is 10.1. The molecule has 0 bridgehead atoms. The number of aliphatic hydroxyl groups is 1. The molecule has 0 aliphatic heterocycles. The Morgan fingerprint density at radius 2 is 2.06 bits per heavy atom. The third-order valence-electron chi connectivity index (χ3n) is 2.64. The van der Waals surface area contributed by atoms with Crippen molar-refractivity contribution in [1.82, 2.24) is 5.32 Å². The number of hydrogen-bond donors (Lipinski definition) is 2. The van der Waals surface area contributed by atoms with E-state index in [4.69, 9.17) is 9.84 Å². The van der Waals surface area contributed by atoms with Crippen LogP contribution >= 0.6 is 0 Å². The predicted molar refractivity (Wildman–Crippen MR) is 65.5 cm³/mol. The van der Waals surface area contributed by atoms with Crippen molar-refractivity contribution in [1.29, 1.82) is 0 Å². The summed E-state index contributed by atoms with van der Waals surface area (Å²) in [4.78, 5) is 12.0. The molecule has 0 aromatic heterocycles. The van der Waals surface area contributed by atoms with E-state index in [1.54, 1.807) is 0 Å². The molecule has 4 nitrogen and oxygen atoms in total. The van der Waals surface area contributed by atoms with E-state index >= 15 is 0 Å². The highest BCUT2D eigenvalue weighted by atomic mass is 16.5. The highest BCUT2D eigenvalue weighted by Crippen LogP contribution is 2.16. The second kappa shape index (κ2) is 7.04. The number of rotatable bonds is 6. The lowest BCUT2D eigenvalue weighted by Crippen LogP contribution is -2.40. The maximum absolute atomic E-state index is 12.0. The predicted octanol–water partition coefficient (Wildman–Crippen LogP) is 1.26. The zero-order valence-electron chi connectivity index (χ0n) is 10.2. The summed E-state index contributed by atoms with van der Waals surface area (Å²) in [5, 5.41) is 11.8. The van der Waals surface area contributed by atoms with Gasteiger partial charge in [0.25, 0.3) is 5.91 Å². The van der Waals surface area contributed by atoms with E-state index in [0.717, 1.165) is 5.56 Å². The minimum Gasteiger partial charge on any atom is -0.394 e. The Balaban J connectivity index is 2.71. The fourth-order valence-corrected chi connectivity index (χ4v) is 1.58. The van der Waals surface area contributed by atoms with Gasteiger partial charge in [0.05, 0.1) is 12.6 Å². The van der Waals surface area contributed by atoms with Gasteiger partial charge in [0.2, 0.25) is 0 Å². The van der Waals surface area contributed by atoms with Gasteiger partial charge < -0.3 is 15.2 Å². The lowest BCUT2D eigenvalue weighted by molar-refractivity contribution is -0.132. The topological polar surface area (TPSA) is 58.6 Å². The van der Waals surface area contributed by atoms with Crippen LogP contribution in [0.4, 0.5) is 0 Å². The molecular weight excluding hydrogens is 218 g/mol. The van der Waals surface area contributed by atoms with Gasteiger partial charge in [0, 0.05) is 7.11 Å². The molecule has 0 aliphatic carbocycles. The van der Waals surface area contributed by atoms with Crippen molar-refractivity contribution in [2.75, 3.05) is 13.7 Å². The molecule has 0 heterocycles. The van der Waals surface area contributed by atoms with Gasteiger partial charge in [0.15, 0.2) is 6.10 Å². The van der Waals surface area contributed by atoms with E-state index in [1.807, 2.05) is 37.3 Å². The molecule has 1 amide bonds. The largest absolute Gasteiger partial charge is 0.394 e. The summed E-state index contributed by atoms with van der Waals surface area (Å²) < 4.78 is 5.19. The van der Waals surface area contributed by atoms with Crippen LogP contribution in [0.25, 0.3) is 0 Å². The fraction of sp³-hybridized carbons (Fsp3) is 0.462. The molecular formula is C13H19NO3. The molecule has 4 heteroatoms. The highest BCUT2D eigenvalue weighted by Gasteiger charge is 2.21. The Morgan fingerprint density at radius 1 is 1.41 bits per heavy atom. The first-order valence-electron chi connectivity index (χ1n) is 5.71. The summed E-state index contributed by atoms with van der Waals surface area (Å²) >= 11 is 0. The van der Waals surface area contributed by atoms with Crippen LogP contribution in [0, 0.1) is 0 Å². The minimum absolute atomic E-state index is 0.0620. The highest BCUT2D eigenvalue weighted by molar-refractivity contribution is 5.82. The van der Waals surface area contributed by atoms with Gasteiger partial charge in [-0.15, -0.1) is 0 Å². The summed E-state index contributed by atoms with van der Waals surface area (Å²) in [5.74, 6) is -0.223. The van der Waals surface area contributed by atoms with Crippen molar-refractivity contribution in [3.63, 3.8) is 0 Å². The van der Waals surface area contributed by atoms with E-state index in [2.05, 4.69) is 5.32 Å². The monoisotopic (exact) mass is 237 g/mol. The smallest absolute Gasteiger partial charge is 0.254 e. The van der Waals surface area contributed by atoms with E-state index in [-0.39, 0.29) is 18.6 Å². The second-order valence-corrected chi connectivity index (χ2v) is 3.82. The second-order valence-electron chi connectivity index (χ2n) is 3.82. The number of aliphatic hydroxyl groups excluding tert-OH is 1. The van der Waals surface area contributed by atoms with Crippen molar-refractivity contribution < 1.29 is 14.6 Å². The molecule has 2 N–H and O–H groups in total. The van der Waals surface area contributed by atoms with Crippen LogP contribution in [0.2, 0.25) is 0 Å². The average Bonchev–Trinajstić information content (AvgIpc) is 2.38. The number of hydrogen-bond acceptors (Lipinski definition) is 3. The molecule has 0 spiro atoms. The summed E-state index contributed by atoms with van der Waals surface area (Å²) in [7, 11) is 1.50. The van der Waals surface area contributed by atoms with Crippen LogP contribution < -0.4 is 5.32 Å². The molecule has 0 radical (unpaired) electrons. The van der Waals surface area contributed by atoms with Gasteiger partial charge in [-0.2, -0.15) is 0 Å². The molecule has 2 unspecified atom stereocenters. The number of methoxy groups -OCH3 is 1. The van der Waals surface area contributed by atoms with Gasteiger partial charge in [-0.05, 0) is 12.0 Å². The van der Waals surface area contributed by atoms with Crippen LogP contribution in [0.1, 0.15) is 25.0 Å². The Bertz CT molecular complexity index is 336. The zero-order valence-corrected chi connectivity index (χ0v) is 10.2. The van der Waals surface area contributed by atoms with Gasteiger partial charge in [-0.25, -0.2) is 0 Å². The average molecular weight is 237 g/mol. The normalized spacial score (nSPS) is 14.1. The molecule has 0 fully saturated rings. The summed E-state index contributed by atoms with van der Waals surface area (Å²) in [6, 6.07) is 9.07. The van der Waals surface area contributed by atoms with E-state index in [9.17, 15) is 4.79 Å². The lowest BCUT2D eigenvalue weighted by Gasteiger charge is -2.19. The minimum atomic E-state index is -0.628. The summed E-state index contributed by atoms with van der Waals surface area (Å²) in [6.45, 7) is 1.85. The number of nitrogens with one attached hydrogen (secondary N) is 1. The first kappa shape index (κ1) is 13.7. The van der Waals surface area contributed by atoms with Crippen LogP contribution in [0.5, 0.6) is 0 Å². The molecule has 94 valence electrons. The third kappa shape index (κ3) is 3.84. The van der Waals surface area contributed by atoms with Crippen molar-refractivity contribution in [3.05, 3.63) is 35.9 Å². The number of ether oxygens (including phenoxy) is 1. The van der Waals surface area contributed by atoms with Gasteiger partial charge in [-0.3, -0.25) is 4.79 Å². The van der Waals surface area contributed by atoms with E-state index in [0.29, 0.717) is 6.42 Å². The third-order valence-corrected chi connectivity index (χ3v) is 2.64. The number of amides is 1. The van der Waals surface area contributed by atoms with Crippen LogP contribution in [-0.2, 0) is 9.53 Å². The molecule has 1 rings (SSSR count). The first-order valence-corrected chi connectivity index (χ1v) is 5.71. The number of carbonyl (C=O) groups excluding carboxylic acids is 1. The SMILES string of the molecule is CCC(CO)NC(=O)C(OC)c1ccccc1. The zero-order chi connectivity index (χ0) is 12.7. The van der Waals surface area contributed by atoms with Crippen molar-refractivity contribution in [3.8, 4) is 0 Å². The van der Waals surface area contributed by atoms with E-state index < -0.39 is 6.10 Å². The number of benzene rings is 1. The Kier molecular flexibility index (Phi) is 5.66. The standard InChI is InChI=1S/C13H19NO3/c1-3-11(9-15)14-13(16)12(17-2)10-7-5-4-6-8-10/h4-8,11-12,15H,3,9H2,1-2H3,(H,14,16). The molecule has 1 aromatic carbocycles. The maximum Gasteiger partial charge on any atom is 0.254 e.